The van der Waals surface area contributed by atoms with Gasteiger partial charge in [0.15, 0.2) is 5.16 Å². The Morgan fingerprint density at radius 1 is 1.38 bits per heavy atom. The molecule has 2 N–H and O–H groups in total. The Balaban J connectivity index is 2.08. The minimum Gasteiger partial charge on any atom is -0.326 e. The predicted octanol–water partition coefficient (Wildman–Crippen LogP) is 4.04. The molecule has 2 rings (SSSR count). The molecule has 1 heterocycles. The van der Waals surface area contributed by atoms with Gasteiger partial charge in [0.25, 0.3) is 5.56 Å². The molecule has 26 heavy (non-hydrogen) atoms. The van der Waals surface area contributed by atoms with Crippen LogP contribution in [-0.4, -0.2) is 22.1 Å². The van der Waals surface area contributed by atoms with Crippen molar-refractivity contribution in [3.05, 3.63) is 50.4 Å². The van der Waals surface area contributed by atoms with Crippen molar-refractivity contribution in [1.82, 2.24) is 9.97 Å². The van der Waals surface area contributed by atoms with Crippen LogP contribution in [-0.2, 0) is 17.4 Å². The molecule has 1 aromatic carbocycles. The molecule has 5 nitrogen and oxygen atoms in total. The molecule has 0 saturated carbocycles. The Bertz CT molecular complexity index is 884. The van der Waals surface area contributed by atoms with Gasteiger partial charge in [0.05, 0.1) is 10.6 Å². The molecule has 0 spiro atoms. The second-order valence-electron chi connectivity index (χ2n) is 5.38. The summed E-state index contributed by atoms with van der Waals surface area (Å²) < 4.78 is 38.5. The lowest BCUT2D eigenvalue weighted by Gasteiger charge is -2.12. The summed E-state index contributed by atoms with van der Waals surface area (Å²) in [4.78, 5) is 30.8. The molecule has 0 saturated heterocycles. The topological polar surface area (TPSA) is 74.8 Å². The largest absolute Gasteiger partial charge is 0.417 e. The summed E-state index contributed by atoms with van der Waals surface area (Å²) in [5.74, 6) is -0.520. The first-order chi connectivity index (χ1) is 12.1. The number of H-pyrrole nitrogens is 1. The number of anilines is 1. The molecule has 1 amide bonds. The molecule has 0 bridgehead atoms. The van der Waals surface area contributed by atoms with E-state index in [4.69, 9.17) is 11.6 Å². The number of hydrogen-bond donors (Lipinski definition) is 2. The van der Waals surface area contributed by atoms with E-state index in [1.165, 1.54) is 17.8 Å². The van der Waals surface area contributed by atoms with Crippen LogP contribution in [0.1, 0.15) is 23.2 Å². The Morgan fingerprint density at radius 3 is 2.65 bits per heavy atom. The van der Waals surface area contributed by atoms with Crippen molar-refractivity contribution < 1.29 is 18.0 Å². The van der Waals surface area contributed by atoms with Crippen LogP contribution in [0, 0.1) is 6.92 Å². The van der Waals surface area contributed by atoms with E-state index in [1.54, 1.807) is 13.2 Å². The minimum absolute atomic E-state index is 0.0202. The molecule has 0 aliphatic carbocycles. The summed E-state index contributed by atoms with van der Waals surface area (Å²) in [5.41, 5.74) is -0.503. The number of nitrogens with one attached hydrogen (secondary N) is 2. The maximum absolute atomic E-state index is 12.8. The first kappa shape index (κ1) is 20.3. The van der Waals surface area contributed by atoms with Gasteiger partial charge in [0.1, 0.15) is 0 Å². The van der Waals surface area contributed by atoms with Crippen LogP contribution in [0.4, 0.5) is 18.9 Å². The van der Waals surface area contributed by atoms with Gasteiger partial charge in [0, 0.05) is 23.4 Å². The van der Waals surface area contributed by atoms with Gasteiger partial charge in [-0.1, -0.05) is 23.4 Å². The maximum atomic E-state index is 12.8. The average Bonchev–Trinajstić information content (AvgIpc) is 2.54. The van der Waals surface area contributed by atoms with Crippen molar-refractivity contribution in [3.8, 4) is 0 Å². The van der Waals surface area contributed by atoms with Gasteiger partial charge in [-0.15, -0.1) is 0 Å². The molecule has 0 radical (unpaired) electrons. The summed E-state index contributed by atoms with van der Waals surface area (Å²) in [5, 5.41) is 2.41. The van der Waals surface area contributed by atoms with Crippen LogP contribution in [0.15, 0.2) is 28.2 Å². The fourth-order valence-electron chi connectivity index (χ4n) is 2.26. The summed E-state index contributed by atoms with van der Waals surface area (Å²) in [6.45, 7) is 1.66. The van der Waals surface area contributed by atoms with Gasteiger partial charge < -0.3 is 10.3 Å². The second-order valence-corrected chi connectivity index (χ2v) is 6.58. The maximum Gasteiger partial charge on any atom is 0.417 e. The number of hydrogen-bond acceptors (Lipinski definition) is 4. The molecule has 0 fully saturated rings. The summed E-state index contributed by atoms with van der Waals surface area (Å²) >= 11 is 6.83. The average molecular weight is 406 g/mol. The Kier molecular flexibility index (Phi) is 6.35. The number of halogens is 4. The molecule has 0 unspecified atom stereocenters. The Morgan fingerprint density at radius 2 is 2.08 bits per heavy atom. The predicted molar refractivity (Wildman–Crippen MR) is 94.8 cm³/mol. The highest BCUT2D eigenvalue weighted by atomic mass is 35.5. The number of aromatic amines is 1. The molecule has 2 aromatic rings. The lowest BCUT2D eigenvalue weighted by molar-refractivity contribution is -0.137. The number of alkyl halides is 3. The van der Waals surface area contributed by atoms with E-state index in [0.717, 1.165) is 12.1 Å². The quantitative estimate of drug-likeness (QED) is 0.581. The van der Waals surface area contributed by atoms with Gasteiger partial charge in [-0.05, 0) is 37.8 Å². The second kappa shape index (κ2) is 8.13. The van der Waals surface area contributed by atoms with Crippen LogP contribution in [0.2, 0.25) is 5.02 Å². The zero-order chi connectivity index (χ0) is 19.5. The van der Waals surface area contributed by atoms with Crippen LogP contribution in [0.5, 0.6) is 0 Å². The highest BCUT2D eigenvalue weighted by Crippen LogP contribution is 2.36. The summed E-state index contributed by atoms with van der Waals surface area (Å²) in [7, 11) is 0. The number of thioether (sulfide) groups is 1. The fraction of sp³-hybridized carbons (Fsp3) is 0.312. The van der Waals surface area contributed by atoms with Crippen molar-refractivity contribution in [3.63, 3.8) is 0 Å². The van der Waals surface area contributed by atoms with E-state index in [1.807, 2.05) is 0 Å². The Hall–Kier alpha value is -2.00. The van der Waals surface area contributed by atoms with Crippen molar-refractivity contribution >= 4 is 35.0 Å². The number of rotatable bonds is 5. The molecule has 0 aliphatic rings. The van der Waals surface area contributed by atoms with E-state index in [0.29, 0.717) is 16.4 Å². The van der Waals surface area contributed by atoms with Crippen LogP contribution in [0.3, 0.4) is 0 Å². The van der Waals surface area contributed by atoms with Gasteiger partial charge in [-0.2, -0.15) is 13.2 Å². The molecular weight excluding hydrogens is 391 g/mol. The zero-order valence-corrected chi connectivity index (χ0v) is 15.4. The normalized spacial score (nSPS) is 11.5. The van der Waals surface area contributed by atoms with E-state index < -0.39 is 22.7 Å². The van der Waals surface area contributed by atoms with Gasteiger partial charge in [0.2, 0.25) is 5.91 Å². The van der Waals surface area contributed by atoms with E-state index in [9.17, 15) is 22.8 Å². The number of carbonyl (C=O) groups excluding carboxylic acids is 1. The van der Waals surface area contributed by atoms with Crippen molar-refractivity contribution in [2.24, 2.45) is 0 Å². The SMILES string of the molecule is CSc1nc(C)c(CCC(=O)Nc2ccc(Cl)c(C(F)(F)F)c2)c(=O)[nH]1. The third-order valence-corrected chi connectivity index (χ3v) is 4.46. The lowest BCUT2D eigenvalue weighted by atomic mass is 10.1. The monoisotopic (exact) mass is 405 g/mol. The highest BCUT2D eigenvalue weighted by Gasteiger charge is 2.33. The summed E-state index contributed by atoms with van der Waals surface area (Å²) in [6, 6.07) is 3.12. The van der Waals surface area contributed by atoms with Gasteiger partial charge in [-0.25, -0.2) is 4.98 Å². The number of aryl methyl sites for hydroxylation is 1. The van der Waals surface area contributed by atoms with Crippen LogP contribution < -0.4 is 10.9 Å². The standard InChI is InChI=1S/C16H15ClF3N3O2S/c1-8-10(14(25)23-15(21-8)26-2)4-6-13(24)22-9-3-5-12(17)11(7-9)16(18,19)20/h3,5,7H,4,6H2,1-2H3,(H,22,24)(H,21,23,25). The van der Waals surface area contributed by atoms with Crippen molar-refractivity contribution in [2.45, 2.75) is 31.1 Å². The number of aromatic nitrogens is 2. The Labute approximate surface area is 156 Å². The number of carbonyl (C=O) groups is 1. The van der Waals surface area contributed by atoms with Crippen LogP contribution in [0.25, 0.3) is 0 Å². The zero-order valence-electron chi connectivity index (χ0n) is 13.8. The third kappa shape index (κ3) is 5.01. The molecule has 1 aromatic heterocycles. The fourth-order valence-corrected chi connectivity index (χ4v) is 2.91. The molecule has 0 aliphatic heterocycles. The number of nitrogens with zero attached hydrogens (tertiary/aromatic N) is 1. The molecule has 0 atom stereocenters. The van der Waals surface area contributed by atoms with Gasteiger partial charge in [-0.3, -0.25) is 9.59 Å². The minimum atomic E-state index is -4.62. The van der Waals surface area contributed by atoms with E-state index in [-0.39, 0.29) is 24.1 Å². The molecule has 10 heteroatoms. The number of amides is 1. The van der Waals surface area contributed by atoms with Crippen LogP contribution >= 0.6 is 23.4 Å². The first-order valence-electron chi connectivity index (χ1n) is 7.42. The first-order valence-corrected chi connectivity index (χ1v) is 9.02. The third-order valence-electron chi connectivity index (χ3n) is 3.55. The summed E-state index contributed by atoms with van der Waals surface area (Å²) in [6.07, 6.45) is -2.80. The lowest BCUT2D eigenvalue weighted by Crippen LogP contribution is -2.20. The van der Waals surface area contributed by atoms with E-state index >= 15 is 0 Å². The molecule has 140 valence electrons. The smallest absolute Gasteiger partial charge is 0.326 e. The van der Waals surface area contributed by atoms with E-state index in [2.05, 4.69) is 15.3 Å². The van der Waals surface area contributed by atoms with Gasteiger partial charge >= 0.3 is 6.18 Å². The van der Waals surface area contributed by atoms with Crippen molar-refractivity contribution in [1.29, 1.82) is 0 Å². The van der Waals surface area contributed by atoms with Crippen molar-refractivity contribution in [2.75, 3.05) is 11.6 Å². The number of benzene rings is 1. The molecular formula is C16H15ClF3N3O2S. The highest BCUT2D eigenvalue weighted by molar-refractivity contribution is 7.98.